The van der Waals surface area contributed by atoms with Crippen LogP contribution >= 0.6 is 0 Å². The number of nitrogens with zero attached hydrogens (tertiary/aromatic N) is 6. The molecule has 8 aromatic carbocycles. The molecule has 3 aromatic heterocycles. The van der Waals surface area contributed by atoms with Gasteiger partial charge in [0.05, 0.1) is 47.0 Å². The molecule has 0 saturated heterocycles. The molecule has 6 heteroatoms. The summed E-state index contributed by atoms with van der Waals surface area (Å²) in [5.74, 6) is -0.926. The van der Waals surface area contributed by atoms with Crippen LogP contribution in [-0.2, 0) is 5.41 Å². The van der Waals surface area contributed by atoms with E-state index in [1.54, 1.807) is 18.2 Å². The molecule has 0 aliphatic heterocycles. The smallest absolute Gasteiger partial charge is 0.164 e. The molecule has 0 radical (unpaired) electrons. The first kappa shape index (κ1) is 26.1. The highest BCUT2D eigenvalue weighted by molar-refractivity contribution is 6.19. The molecule has 0 bridgehead atoms. The zero-order chi connectivity index (χ0) is 49.5. The fourth-order valence-electron chi connectivity index (χ4n) is 9.21. The topological polar surface area (TPSA) is 72.3 Å². The lowest BCUT2D eigenvalue weighted by molar-refractivity contribution is 0.660. The summed E-state index contributed by atoms with van der Waals surface area (Å²) < 4.78 is 89.2. The average molecular weight is 791 g/mol. The van der Waals surface area contributed by atoms with E-state index >= 15 is 0 Å². The number of nitriles is 1. The molecular formula is C55H36N6. The molecule has 0 saturated carbocycles. The van der Waals surface area contributed by atoms with Crippen molar-refractivity contribution < 1.29 is 13.7 Å². The Morgan fingerprint density at radius 1 is 0.492 bits per heavy atom. The van der Waals surface area contributed by atoms with Gasteiger partial charge in [-0.3, -0.25) is 0 Å². The lowest BCUT2D eigenvalue weighted by atomic mass is 9.82. The van der Waals surface area contributed by atoms with Gasteiger partial charge < -0.3 is 9.13 Å². The molecule has 6 nitrogen and oxygen atoms in total. The van der Waals surface area contributed by atoms with Crippen molar-refractivity contribution in [3.8, 4) is 62.7 Å². The van der Waals surface area contributed by atoms with E-state index in [1.165, 1.54) is 22.3 Å². The molecule has 0 fully saturated rings. The number of hydrogen-bond acceptors (Lipinski definition) is 4. The SMILES string of the molecule is [2H]c1c([2H])c([2H])c(-c2nc(-c3ccc(-n4c5ccccc5c5cc6c7ccccc7n(-c7ccc8c(c7)C(C)(C)c7ccccc7-8)c6cc54)c(C#N)c3)nc(-c3c([2H])c([2H])c([2H])c([2H])c3[2H])n2)c([2H])c1[2H]. The quantitative estimate of drug-likeness (QED) is 0.174. The maximum absolute atomic E-state index is 11.0. The zero-order valence-electron chi connectivity index (χ0n) is 42.7. The van der Waals surface area contributed by atoms with Gasteiger partial charge in [-0.05, 0) is 76.9 Å². The van der Waals surface area contributed by atoms with E-state index in [0.29, 0.717) is 5.69 Å². The summed E-state index contributed by atoms with van der Waals surface area (Å²) in [5.41, 5.74) is 9.73. The highest BCUT2D eigenvalue weighted by Crippen LogP contribution is 2.50. The van der Waals surface area contributed by atoms with Crippen LogP contribution in [0.25, 0.3) is 100 Å². The van der Waals surface area contributed by atoms with Crippen LogP contribution in [0, 0.1) is 11.3 Å². The van der Waals surface area contributed by atoms with Crippen molar-refractivity contribution in [3.63, 3.8) is 0 Å². The summed E-state index contributed by atoms with van der Waals surface area (Å²) in [6, 6.07) is 37.2. The summed E-state index contributed by atoms with van der Waals surface area (Å²) in [5, 5.41) is 15.1. The first-order valence-electron chi connectivity index (χ1n) is 24.8. The maximum Gasteiger partial charge on any atom is 0.164 e. The second-order valence-electron chi connectivity index (χ2n) is 15.6. The Kier molecular flexibility index (Phi) is 5.63. The Hall–Kier alpha value is -8.14. The van der Waals surface area contributed by atoms with Crippen molar-refractivity contribution in [2.45, 2.75) is 19.3 Å². The predicted octanol–water partition coefficient (Wildman–Crippen LogP) is 13.2. The lowest BCUT2D eigenvalue weighted by Crippen LogP contribution is -2.15. The predicted molar refractivity (Wildman–Crippen MR) is 247 cm³/mol. The van der Waals surface area contributed by atoms with Crippen LogP contribution in [0.4, 0.5) is 0 Å². The van der Waals surface area contributed by atoms with Crippen molar-refractivity contribution in [1.82, 2.24) is 24.1 Å². The lowest BCUT2D eigenvalue weighted by Gasteiger charge is -2.22. The average Bonchev–Trinajstić information content (AvgIpc) is 3.97. The Bertz CT molecular complexity index is 4100. The molecule has 286 valence electrons. The van der Waals surface area contributed by atoms with Gasteiger partial charge in [0, 0.05) is 49.3 Å². The molecule has 11 aromatic rings. The highest BCUT2D eigenvalue weighted by atomic mass is 15.0. The first-order chi connectivity index (χ1) is 34.1. The van der Waals surface area contributed by atoms with E-state index < -0.39 is 72.1 Å². The number of aromatic nitrogens is 5. The minimum absolute atomic E-state index is 0.138. The third-order valence-corrected chi connectivity index (χ3v) is 12.0. The molecule has 12 rings (SSSR count). The van der Waals surface area contributed by atoms with Gasteiger partial charge in [-0.1, -0.05) is 141 Å². The van der Waals surface area contributed by atoms with Crippen LogP contribution in [0.2, 0.25) is 0 Å². The molecular weight excluding hydrogens is 745 g/mol. The first-order valence-corrected chi connectivity index (χ1v) is 19.8. The molecule has 3 heterocycles. The minimum atomic E-state index is -0.644. The van der Waals surface area contributed by atoms with Gasteiger partial charge in [-0.15, -0.1) is 0 Å². The van der Waals surface area contributed by atoms with Crippen LogP contribution in [0.5, 0.6) is 0 Å². The largest absolute Gasteiger partial charge is 0.309 e. The Morgan fingerprint density at radius 3 is 1.70 bits per heavy atom. The Morgan fingerprint density at radius 2 is 1.05 bits per heavy atom. The fourth-order valence-corrected chi connectivity index (χ4v) is 9.21. The van der Waals surface area contributed by atoms with Crippen LogP contribution in [0.3, 0.4) is 0 Å². The van der Waals surface area contributed by atoms with E-state index in [-0.39, 0.29) is 33.5 Å². The van der Waals surface area contributed by atoms with E-state index in [0.717, 1.165) is 49.3 Å². The van der Waals surface area contributed by atoms with Crippen molar-refractivity contribution in [1.29, 1.82) is 5.26 Å². The second-order valence-corrected chi connectivity index (χ2v) is 15.6. The van der Waals surface area contributed by atoms with Crippen LogP contribution in [-0.4, -0.2) is 24.1 Å². The van der Waals surface area contributed by atoms with Gasteiger partial charge in [0.1, 0.15) is 6.07 Å². The standard InChI is InChI=1S/C55H36N6/c1-55(2)45-22-12-9-19-39(45)40-27-26-38(30-46(40)55)60-48-23-13-10-20-41(48)43-31-44-42-21-11-14-24-49(42)61(51(44)32-50(43)60)47-28-25-36(29-37(47)33-56)54-58-52(34-15-5-3-6-16-34)57-53(59-54)35-17-7-4-8-18-35/h3-32H,1-2H3/i3D,4D,5D,6D,7D,8D,15D,16D,17D,18D. The van der Waals surface area contributed by atoms with Gasteiger partial charge in [0.2, 0.25) is 0 Å². The van der Waals surface area contributed by atoms with Crippen LogP contribution in [0.15, 0.2) is 182 Å². The van der Waals surface area contributed by atoms with Gasteiger partial charge in [-0.2, -0.15) is 5.26 Å². The van der Waals surface area contributed by atoms with Gasteiger partial charge >= 0.3 is 0 Å². The number of fused-ring (bicyclic) bond motifs is 9. The Balaban J connectivity index is 1.08. The van der Waals surface area contributed by atoms with Gasteiger partial charge in [-0.25, -0.2) is 15.0 Å². The molecule has 0 atom stereocenters. The number of rotatable bonds is 5. The summed E-state index contributed by atoms with van der Waals surface area (Å²) in [4.78, 5) is 13.6. The van der Waals surface area contributed by atoms with Crippen LogP contribution in [0.1, 0.15) is 44.2 Å². The van der Waals surface area contributed by atoms with E-state index in [2.05, 4.69) is 123 Å². The van der Waals surface area contributed by atoms with E-state index in [4.69, 9.17) is 13.7 Å². The summed E-state index contributed by atoms with van der Waals surface area (Å²) in [7, 11) is 0. The molecule has 0 amide bonds. The molecule has 0 spiro atoms. The van der Waals surface area contributed by atoms with Crippen LogP contribution < -0.4 is 0 Å². The van der Waals surface area contributed by atoms with Crippen molar-refractivity contribution in [2.75, 3.05) is 0 Å². The van der Waals surface area contributed by atoms with E-state index in [1.807, 2.05) is 24.3 Å². The zero-order valence-corrected chi connectivity index (χ0v) is 32.7. The van der Waals surface area contributed by atoms with Gasteiger partial charge in [0.15, 0.2) is 17.5 Å². The monoisotopic (exact) mass is 790 g/mol. The van der Waals surface area contributed by atoms with Crippen molar-refractivity contribution in [2.24, 2.45) is 0 Å². The number of para-hydroxylation sites is 2. The molecule has 1 aliphatic rings. The van der Waals surface area contributed by atoms with Crippen molar-refractivity contribution in [3.05, 3.63) is 198 Å². The second kappa shape index (κ2) is 13.2. The summed E-state index contributed by atoms with van der Waals surface area (Å²) >= 11 is 0. The van der Waals surface area contributed by atoms with Crippen molar-refractivity contribution >= 4 is 43.6 Å². The summed E-state index contributed by atoms with van der Waals surface area (Å²) in [6.45, 7) is 4.54. The van der Waals surface area contributed by atoms with Gasteiger partial charge in [0.25, 0.3) is 0 Å². The molecule has 0 unspecified atom stereocenters. The molecule has 61 heavy (non-hydrogen) atoms. The maximum atomic E-state index is 11.0. The molecule has 0 N–H and O–H groups in total. The minimum Gasteiger partial charge on any atom is -0.309 e. The highest BCUT2D eigenvalue weighted by Gasteiger charge is 2.35. The normalized spacial score (nSPS) is 15.2. The number of benzene rings is 8. The number of hydrogen-bond donors (Lipinski definition) is 0. The fraction of sp³-hybridized carbons (Fsp3) is 0.0545. The third kappa shape index (κ3) is 5.24. The molecule has 1 aliphatic carbocycles. The summed E-state index contributed by atoms with van der Waals surface area (Å²) in [6.07, 6.45) is 0. The third-order valence-electron chi connectivity index (χ3n) is 12.0. The Labute approximate surface area is 366 Å². The van der Waals surface area contributed by atoms with E-state index in [9.17, 15) is 5.26 Å².